The molecule has 1 aromatic carbocycles. The summed E-state index contributed by atoms with van der Waals surface area (Å²) in [6.45, 7) is 0.796. The minimum absolute atomic E-state index is 0. The van der Waals surface area contributed by atoms with Crippen molar-refractivity contribution in [3.8, 4) is 0 Å². The van der Waals surface area contributed by atoms with Crippen molar-refractivity contribution in [1.29, 1.82) is 0 Å². The van der Waals surface area contributed by atoms with Crippen molar-refractivity contribution < 1.29 is 5.11 Å². The van der Waals surface area contributed by atoms with Crippen molar-refractivity contribution in [1.82, 2.24) is 5.32 Å². The Balaban J connectivity index is 0.00000156. The van der Waals surface area contributed by atoms with E-state index in [1.807, 2.05) is 6.07 Å². The van der Waals surface area contributed by atoms with Crippen LogP contribution in [0.5, 0.6) is 0 Å². The van der Waals surface area contributed by atoms with E-state index in [2.05, 4.69) is 43.2 Å². The number of nitrogens with two attached hydrogens (primary N) is 1. The van der Waals surface area contributed by atoms with E-state index in [-0.39, 0.29) is 18.0 Å². The fourth-order valence-corrected chi connectivity index (χ4v) is 6.64. The Bertz CT molecular complexity index is 597. The van der Waals surface area contributed by atoms with Gasteiger partial charge in [0.2, 0.25) is 0 Å². The van der Waals surface area contributed by atoms with Crippen molar-refractivity contribution in [2.24, 2.45) is 17.8 Å². The molecule has 0 aliphatic heterocycles. The molecule has 6 heteroatoms. The summed E-state index contributed by atoms with van der Waals surface area (Å²) in [5, 5.41) is 14.4. The van der Waals surface area contributed by atoms with E-state index in [1.54, 1.807) is 0 Å². The average molecular weight is 467 g/mol. The number of halogens is 3. The second-order valence-corrected chi connectivity index (χ2v) is 9.33. The van der Waals surface area contributed by atoms with Crippen molar-refractivity contribution in [3.63, 3.8) is 0 Å². The van der Waals surface area contributed by atoms with Crippen LogP contribution in [0.4, 0.5) is 5.69 Å². The quantitative estimate of drug-likeness (QED) is 0.584. The van der Waals surface area contributed by atoms with Crippen LogP contribution < -0.4 is 11.1 Å². The first kappa shape index (κ1) is 18.0. The average Bonchev–Trinajstić information content (AvgIpc) is 2.41. The lowest BCUT2D eigenvalue weighted by molar-refractivity contribution is -0.138. The Morgan fingerprint density at radius 1 is 1.17 bits per heavy atom. The minimum Gasteiger partial charge on any atom is -0.398 e. The molecule has 4 aliphatic carbocycles. The Kier molecular flexibility index (Phi) is 5.08. The molecule has 0 radical (unpaired) electrons. The van der Waals surface area contributed by atoms with Crippen LogP contribution in [0.1, 0.15) is 37.7 Å². The maximum absolute atomic E-state index is 10.7. The lowest BCUT2D eigenvalue weighted by atomic mass is 9.52. The van der Waals surface area contributed by atoms with Gasteiger partial charge in [0.25, 0.3) is 0 Å². The second kappa shape index (κ2) is 6.49. The van der Waals surface area contributed by atoms with Crippen LogP contribution in [-0.4, -0.2) is 16.7 Å². The van der Waals surface area contributed by atoms with E-state index in [4.69, 9.17) is 5.73 Å². The van der Waals surface area contributed by atoms with E-state index >= 15 is 0 Å². The van der Waals surface area contributed by atoms with Crippen LogP contribution >= 0.6 is 44.3 Å². The van der Waals surface area contributed by atoms with Gasteiger partial charge in [0.05, 0.1) is 11.3 Å². The van der Waals surface area contributed by atoms with Gasteiger partial charge in [0.1, 0.15) is 0 Å². The molecule has 4 bridgehead atoms. The summed E-state index contributed by atoms with van der Waals surface area (Å²) >= 11 is 7.05. The van der Waals surface area contributed by atoms with Gasteiger partial charge in [0, 0.05) is 21.5 Å². The minimum atomic E-state index is -0.355. The summed E-state index contributed by atoms with van der Waals surface area (Å²) < 4.78 is 1.99. The van der Waals surface area contributed by atoms with Gasteiger partial charge in [-0.3, -0.25) is 0 Å². The first-order valence-electron chi connectivity index (χ1n) is 8.13. The molecule has 4 N–H and O–H groups in total. The number of anilines is 1. The van der Waals surface area contributed by atoms with Crippen LogP contribution in [0.2, 0.25) is 0 Å². The summed E-state index contributed by atoms with van der Waals surface area (Å²) in [6.07, 6.45) is 5.57. The van der Waals surface area contributed by atoms with E-state index in [0.29, 0.717) is 17.9 Å². The monoisotopic (exact) mass is 464 g/mol. The zero-order valence-electron chi connectivity index (χ0n) is 12.9. The zero-order valence-corrected chi connectivity index (χ0v) is 16.9. The van der Waals surface area contributed by atoms with Crippen LogP contribution in [0.3, 0.4) is 0 Å². The van der Waals surface area contributed by atoms with Crippen molar-refractivity contribution in [2.75, 3.05) is 5.73 Å². The van der Waals surface area contributed by atoms with Crippen LogP contribution in [-0.2, 0) is 6.54 Å². The standard InChI is InChI=1S/C17H22Br2N2O.ClH/c18-13-3-12(15(20)14(19)4-13)8-21-16-10-1-9-2-11(16)7-17(22,5-9)6-10;/h3-4,9-11,16,21-22H,1-2,5-8,20H2;1H. The number of benzene rings is 1. The fraction of sp³-hybridized carbons (Fsp3) is 0.647. The van der Waals surface area contributed by atoms with Gasteiger partial charge in [0.15, 0.2) is 0 Å². The summed E-state index contributed by atoms with van der Waals surface area (Å²) in [5.74, 6) is 2.02. The first-order chi connectivity index (χ1) is 10.4. The molecule has 23 heavy (non-hydrogen) atoms. The Morgan fingerprint density at radius 2 is 1.83 bits per heavy atom. The SMILES string of the molecule is Cl.Nc1c(Br)cc(Br)cc1CNC1C2CC3CC1CC(O)(C3)C2. The Morgan fingerprint density at radius 3 is 2.43 bits per heavy atom. The third kappa shape index (κ3) is 3.32. The van der Waals surface area contributed by atoms with E-state index in [9.17, 15) is 5.11 Å². The van der Waals surface area contributed by atoms with Gasteiger partial charge in [-0.05, 0) is 83.5 Å². The summed E-state index contributed by atoms with van der Waals surface area (Å²) in [6, 6.07) is 4.61. The number of nitrogens with one attached hydrogen (secondary N) is 1. The lowest BCUT2D eigenvalue weighted by Gasteiger charge is -2.58. The Hall–Kier alpha value is 0.190. The smallest absolute Gasteiger partial charge is 0.0657 e. The third-order valence-corrected chi connectivity index (χ3v) is 7.06. The molecule has 3 nitrogen and oxygen atoms in total. The predicted octanol–water partition coefficient (Wildman–Crippen LogP) is 4.24. The van der Waals surface area contributed by atoms with Crippen LogP contribution in [0.15, 0.2) is 21.1 Å². The molecule has 4 fully saturated rings. The molecule has 0 spiro atoms. The molecule has 4 saturated carbocycles. The van der Waals surface area contributed by atoms with Gasteiger partial charge in [-0.25, -0.2) is 0 Å². The van der Waals surface area contributed by atoms with Crippen molar-refractivity contribution in [2.45, 2.75) is 50.3 Å². The number of nitrogen functional groups attached to an aromatic ring is 1. The normalized spacial score (nSPS) is 37.7. The molecule has 4 aliphatic rings. The highest BCUT2D eigenvalue weighted by atomic mass is 79.9. The maximum atomic E-state index is 10.7. The van der Waals surface area contributed by atoms with Crippen LogP contribution in [0, 0.1) is 17.8 Å². The third-order valence-electron chi connectivity index (χ3n) is 5.95. The second-order valence-electron chi connectivity index (χ2n) is 7.56. The first-order valence-corrected chi connectivity index (χ1v) is 9.71. The molecule has 5 rings (SSSR count). The fourth-order valence-electron chi connectivity index (χ4n) is 5.33. The maximum Gasteiger partial charge on any atom is 0.0657 e. The molecule has 2 atom stereocenters. The molecular formula is C17H23Br2ClN2O. The Labute approximate surface area is 160 Å². The summed E-state index contributed by atoms with van der Waals surface area (Å²) in [4.78, 5) is 0. The number of aliphatic hydroxyl groups is 1. The molecule has 0 amide bonds. The van der Waals surface area contributed by atoms with E-state index < -0.39 is 0 Å². The highest BCUT2D eigenvalue weighted by Gasteiger charge is 2.54. The zero-order chi connectivity index (χ0) is 15.5. The number of hydrogen-bond donors (Lipinski definition) is 3. The van der Waals surface area contributed by atoms with Gasteiger partial charge in [-0.2, -0.15) is 0 Å². The number of hydrogen-bond acceptors (Lipinski definition) is 3. The highest BCUT2D eigenvalue weighted by Crippen LogP contribution is 2.55. The van der Waals surface area contributed by atoms with Crippen LogP contribution in [0.25, 0.3) is 0 Å². The number of rotatable bonds is 3. The lowest BCUT2D eigenvalue weighted by Crippen LogP contribution is -2.60. The van der Waals surface area contributed by atoms with Gasteiger partial charge in [-0.1, -0.05) is 15.9 Å². The van der Waals surface area contributed by atoms with Gasteiger partial charge < -0.3 is 16.2 Å². The molecule has 0 saturated heterocycles. The molecule has 128 valence electrons. The van der Waals surface area contributed by atoms with Gasteiger partial charge in [-0.15, -0.1) is 12.4 Å². The molecular weight excluding hydrogens is 443 g/mol. The van der Waals surface area contributed by atoms with Gasteiger partial charge >= 0.3 is 0 Å². The largest absolute Gasteiger partial charge is 0.398 e. The van der Waals surface area contributed by atoms with E-state index in [0.717, 1.165) is 51.9 Å². The molecule has 2 unspecified atom stereocenters. The summed E-state index contributed by atoms with van der Waals surface area (Å²) in [7, 11) is 0. The molecule has 0 aromatic heterocycles. The van der Waals surface area contributed by atoms with E-state index in [1.165, 1.54) is 12.8 Å². The topological polar surface area (TPSA) is 58.3 Å². The van der Waals surface area contributed by atoms with Crippen molar-refractivity contribution >= 4 is 50.0 Å². The molecule has 1 aromatic rings. The summed E-state index contributed by atoms with van der Waals surface area (Å²) in [5.41, 5.74) is 7.78. The van der Waals surface area contributed by atoms with Crippen molar-refractivity contribution in [3.05, 3.63) is 26.6 Å². The highest BCUT2D eigenvalue weighted by molar-refractivity contribution is 9.11. The molecule has 0 heterocycles. The predicted molar refractivity (Wildman–Crippen MR) is 103 cm³/mol.